The van der Waals surface area contributed by atoms with Crippen molar-refractivity contribution in [2.24, 2.45) is 0 Å². The van der Waals surface area contributed by atoms with Gasteiger partial charge >= 0.3 is 0 Å². The molecule has 0 atom stereocenters. The lowest BCUT2D eigenvalue weighted by Crippen LogP contribution is -2.23. The summed E-state index contributed by atoms with van der Waals surface area (Å²) in [7, 11) is 0. The van der Waals surface area contributed by atoms with E-state index in [-0.39, 0.29) is 11.7 Å². The lowest BCUT2D eigenvalue weighted by atomic mass is 10.0. The van der Waals surface area contributed by atoms with Crippen LogP contribution in [0.5, 0.6) is 0 Å². The molecule has 0 aliphatic rings. The molecule has 1 N–H and O–H groups in total. The number of aryl methyl sites for hydroxylation is 1. The average Bonchev–Trinajstić information content (AvgIpc) is 2.73. The second-order valence-electron chi connectivity index (χ2n) is 6.86. The summed E-state index contributed by atoms with van der Waals surface area (Å²) in [5.41, 5.74) is 4.51. The summed E-state index contributed by atoms with van der Waals surface area (Å²) in [5.74, 6) is -0.527. The highest BCUT2D eigenvalue weighted by molar-refractivity contribution is 6.33. The lowest BCUT2D eigenvalue weighted by molar-refractivity contribution is 0.0952. The number of fused-ring (bicyclic) bond motifs is 1. The topological polar surface area (TPSA) is 42.0 Å². The molecular weight excluding hydrogens is 387 g/mol. The zero-order chi connectivity index (χ0) is 20.4. The van der Waals surface area contributed by atoms with Gasteiger partial charge in [0.1, 0.15) is 5.82 Å². The van der Waals surface area contributed by atoms with Crippen LogP contribution in [0.15, 0.2) is 72.8 Å². The van der Waals surface area contributed by atoms with Crippen LogP contribution in [0, 0.1) is 12.7 Å². The number of pyridine rings is 1. The molecule has 0 unspecified atom stereocenters. The Morgan fingerprint density at radius 2 is 1.79 bits per heavy atom. The van der Waals surface area contributed by atoms with E-state index in [2.05, 4.69) is 5.32 Å². The van der Waals surface area contributed by atoms with E-state index < -0.39 is 0 Å². The number of halogens is 2. The van der Waals surface area contributed by atoms with Crippen molar-refractivity contribution in [3.05, 3.63) is 100 Å². The van der Waals surface area contributed by atoms with Crippen molar-refractivity contribution in [1.29, 1.82) is 0 Å². The molecule has 0 saturated heterocycles. The van der Waals surface area contributed by atoms with Gasteiger partial charge in [0, 0.05) is 22.5 Å². The van der Waals surface area contributed by atoms with E-state index in [1.807, 2.05) is 43.3 Å². The molecule has 0 fully saturated rings. The van der Waals surface area contributed by atoms with Crippen LogP contribution in [-0.4, -0.2) is 10.9 Å². The van der Waals surface area contributed by atoms with E-state index >= 15 is 0 Å². The molecule has 1 amide bonds. The molecule has 1 heterocycles. The molecule has 1 aromatic heterocycles. The second kappa shape index (κ2) is 8.02. The van der Waals surface area contributed by atoms with Crippen LogP contribution < -0.4 is 5.32 Å². The number of carbonyl (C=O) groups is 1. The summed E-state index contributed by atoms with van der Waals surface area (Å²) >= 11 is 6.35. The van der Waals surface area contributed by atoms with Crippen LogP contribution >= 0.6 is 11.6 Å². The summed E-state index contributed by atoms with van der Waals surface area (Å²) in [5, 5.41) is 4.27. The number of carbonyl (C=O) groups excluding carboxylic acids is 1. The Morgan fingerprint density at radius 1 is 1.03 bits per heavy atom. The van der Waals surface area contributed by atoms with Crippen LogP contribution in [0.1, 0.15) is 21.5 Å². The van der Waals surface area contributed by atoms with E-state index in [9.17, 15) is 9.18 Å². The third kappa shape index (κ3) is 4.13. The minimum atomic E-state index is -0.305. The number of nitrogens with one attached hydrogen (secondary N) is 1. The first-order chi connectivity index (χ1) is 14.0. The Hall–Kier alpha value is -3.24. The van der Waals surface area contributed by atoms with Crippen LogP contribution in [0.3, 0.4) is 0 Å². The summed E-state index contributed by atoms with van der Waals surface area (Å²) < 4.78 is 13.1. The molecule has 4 rings (SSSR count). The molecule has 0 aliphatic carbocycles. The van der Waals surface area contributed by atoms with Crippen LogP contribution in [0.2, 0.25) is 5.02 Å². The lowest BCUT2D eigenvalue weighted by Gasteiger charge is -2.12. The van der Waals surface area contributed by atoms with E-state index in [1.165, 1.54) is 12.1 Å². The van der Waals surface area contributed by atoms with Crippen molar-refractivity contribution in [2.45, 2.75) is 13.5 Å². The van der Waals surface area contributed by atoms with Gasteiger partial charge in [0.05, 0.1) is 16.8 Å². The molecule has 3 nitrogen and oxygen atoms in total. The molecular formula is C24H18ClFN2O. The number of amides is 1. The predicted molar refractivity (Wildman–Crippen MR) is 114 cm³/mol. The fourth-order valence-corrected chi connectivity index (χ4v) is 3.45. The first-order valence-electron chi connectivity index (χ1n) is 9.20. The number of hydrogen-bond donors (Lipinski definition) is 1. The summed E-state index contributed by atoms with van der Waals surface area (Å²) in [6, 6.07) is 21.1. The molecule has 0 saturated carbocycles. The van der Waals surface area contributed by atoms with Crippen LogP contribution in [0.4, 0.5) is 4.39 Å². The maximum absolute atomic E-state index is 13.1. The number of hydrogen-bond acceptors (Lipinski definition) is 2. The van der Waals surface area contributed by atoms with Gasteiger partial charge in [-0.05, 0) is 48.9 Å². The van der Waals surface area contributed by atoms with Gasteiger partial charge in [0.25, 0.3) is 5.91 Å². The zero-order valence-electron chi connectivity index (χ0n) is 15.7. The Bertz CT molecular complexity index is 1210. The second-order valence-corrected chi connectivity index (χ2v) is 7.27. The number of aromatic nitrogens is 1. The van der Waals surface area contributed by atoms with E-state index in [0.717, 1.165) is 27.6 Å². The normalized spacial score (nSPS) is 10.9. The number of nitrogens with zero attached hydrogens (tertiary/aromatic N) is 1. The fourth-order valence-electron chi connectivity index (χ4n) is 3.21. The van der Waals surface area contributed by atoms with Crippen molar-refractivity contribution in [3.63, 3.8) is 0 Å². The molecule has 0 bridgehead atoms. The van der Waals surface area contributed by atoms with Gasteiger partial charge in [-0.15, -0.1) is 0 Å². The van der Waals surface area contributed by atoms with Gasteiger partial charge < -0.3 is 5.32 Å². The molecule has 29 heavy (non-hydrogen) atoms. The first-order valence-corrected chi connectivity index (χ1v) is 9.58. The fraction of sp³-hybridized carbons (Fsp3) is 0.0833. The van der Waals surface area contributed by atoms with Crippen molar-refractivity contribution < 1.29 is 9.18 Å². The average molecular weight is 405 g/mol. The quantitative estimate of drug-likeness (QED) is 0.458. The van der Waals surface area contributed by atoms with Crippen LogP contribution in [-0.2, 0) is 6.54 Å². The highest BCUT2D eigenvalue weighted by atomic mass is 35.5. The summed E-state index contributed by atoms with van der Waals surface area (Å²) in [6.45, 7) is 2.28. The largest absolute Gasteiger partial charge is 0.348 e. The van der Waals surface area contributed by atoms with Crippen molar-refractivity contribution >= 4 is 28.4 Å². The number of rotatable bonds is 4. The summed E-state index contributed by atoms with van der Waals surface area (Å²) in [6.07, 6.45) is 0. The summed E-state index contributed by atoms with van der Waals surface area (Å²) in [4.78, 5) is 17.7. The highest BCUT2D eigenvalue weighted by Crippen LogP contribution is 2.30. The third-order valence-corrected chi connectivity index (χ3v) is 5.05. The Morgan fingerprint density at radius 3 is 2.55 bits per heavy atom. The SMILES string of the molecule is Cc1ccc2nc(-c3ccccc3Cl)cc(C(=O)NCc3ccc(F)cc3)c2c1. The molecule has 144 valence electrons. The Labute approximate surface area is 173 Å². The van der Waals surface area contributed by atoms with Gasteiger partial charge in [-0.2, -0.15) is 0 Å². The first kappa shape index (κ1) is 19.1. The van der Waals surface area contributed by atoms with E-state index in [4.69, 9.17) is 16.6 Å². The van der Waals surface area contributed by atoms with Gasteiger partial charge in [-0.1, -0.05) is 53.6 Å². The molecule has 5 heteroatoms. The molecule has 0 aliphatic heterocycles. The Balaban J connectivity index is 1.74. The van der Waals surface area contributed by atoms with Crippen molar-refractivity contribution in [1.82, 2.24) is 10.3 Å². The minimum absolute atomic E-state index is 0.222. The Kier molecular flexibility index (Phi) is 5.28. The van der Waals surface area contributed by atoms with Gasteiger partial charge in [0.2, 0.25) is 0 Å². The van der Waals surface area contributed by atoms with E-state index in [1.54, 1.807) is 24.3 Å². The molecule has 3 aromatic carbocycles. The predicted octanol–water partition coefficient (Wildman–Crippen LogP) is 5.93. The zero-order valence-corrected chi connectivity index (χ0v) is 16.5. The number of benzene rings is 3. The third-order valence-electron chi connectivity index (χ3n) is 4.72. The molecule has 0 radical (unpaired) electrons. The van der Waals surface area contributed by atoms with Gasteiger partial charge in [-0.25, -0.2) is 9.37 Å². The molecule has 4 aromatic rings. The van der Waals surface area contributed by atoms with Gasteiger partial charge in [0.15, 0.2) is 0 Å². The maximum atomic E-state index is 13.1. The van der Waals surface area contributed by atoms with E-state index in [0.29, 0.717) is 22.8 Å². The van der Waals surface area contributed by atoms with Gasteiger partial charge in [-0.3, -0.25) is 4.79 Å². The molecule has 0 spiro atoms. The highest BCUT2D eigenvalue weighted by Gasteiger charge is 2.15. The van der Waals surface area contributed by atoms with Crippen molar-refractivity contribution in [3.8, 4) is 11.3 Å². The van der Waals surface area contributed by atoms with Crippen LogP contribution in [0.25, 0.3) is 22.2 Å². The maximum Gasteiger partial charge on any atom is 0.252 e. The smallest absolute Gasteiger partial charge is 0.252 e. The standard InChI is InChI=1S/C24H18ClFN2O/c1-15-6-11-22-19(12-15)20(13-23(28-22)18-4-2-3-5-21(18)25)24(29)27-14-16-7-9-17(26)10-8-16/h2-13H,14H2,1H3,(H,27,29). The van der Waals surface area contributed by atoms with Crippen molar-refractivity contribution in [2.75, 3.05) is 0 Å². The minimum Gasteiger partial charge on any atom is -0.348 e. The monoisotopic (exact) mass is 404 g/mol.